The maximum Gasteiger partial charge on any atom is 0.0644 e. The molecule has 1 aromatic heterocycles. The molecule has 1 aliphatic rings. The first-order chi connectivity index (χ1) is 10.0. The second-order valence-corrected chi connectivity index (χ2v) is 6.83. The van der Waals surface area contributed by atoms with E-state index in [1.54, 1.807) is 0 Å². The summed E-state index contributed by atoms with van der Waals surface area (Å²) in [5.41, 5.74) is 3.91. The molecule has 0 spiro atoms. The molecule has 21 heavy (non-hydrogen) atoms. The highest BCUT2D eigenvalue weighted by Crippen LogP contribution is 2.28. The monoisotopic (exact) mass is 291 g/mol. The minimum Gasteiger partial charge on any atom is -0.307 e. The topological polar surface area (TPSA) is 29.9 Å². The van der Waals surface area contributed by atoms with Crippen molar-refractivity contribution in [1.29, 1.82) is 0 Å². The molecule has 2 rings (SSSR count). The van der Waals surface area contributed by atoms with Gasteiger partial charge in [-0.1, -0.05) is 25.7 Å². The lowest BCUT2D eigenvalue weighted by molar-refractivity contribution is 0.316. The van der Waals surface area contributed by atoms with E-state index < -0.39 is 0 Å². The molecule has 0 saturated heterocycles. The number of rotatable bonds is 5. The van der Waals surface area contributed by atoms with Crippen molar-refractivity contribution in [3.05, 3.63) is 17.0 Å². The second-order valence-electron chi connectivity index (χ2n) is 6.83. The fourth-order valence-electron chi connectivity index (χ4n) is 4.07. The van der Waals surface area contributed by atoms with Gasteiger partial charge in [-0.2, -0.15) is 5.10 Å². The Morgan fingerprint density at radius 2 is 1.76 bits per heavy atom. The van der Waals surface area contributed by atoms with Gasteiger partial charge in [0.25, 0.3) is 0 Å². The molecule has 0 aliphatic heterocycles. The van der Waals surface area contributed by atoms with Crippen LogP contribution in [-0.2, 0) is 6.54 Å². The molecule has 0 radical (unpaired) electrons. The first-order valence-electron chi connectivity index (χ1n) is 8.84. The van der Waals surface area contributed by atoms with Gasteiger partial charge in [0, 0.05) is 29.9 Å². The van der Waals surface area contributed by atoms with Crippen molar-refractivity contribution in [2.24, 2.45) is 5.92 Å². The van der Waals surface area contributed by atoms with Crippen molar-refractivity contribution in [2.45, 2.75) is 91.8 Å². The third-order valence-corrected chi connectivity index (χ3v) is 5.29. The van der Waals surface area contributed by atoms with Crippen molar-refractivity contribution >= 4 is 0 Å². The number of hydrogen-bond donors (Lipinski definition) is 1. The lowest BCUT2D eigenvalue weighted by atomic mass is 9.92. The zero-order chi connectivity index (χ0) is 15.4. The van der Waals surface area contributed by atoms with E-state index >= 15 is 0 Å². The molecule has 0 aromatic carbocycles. The highest BCUT2D eigenvalue weighted by Gasteiger charge is 2.23. The predicted molar refractivity (Wildman–Crippen MR) is 89.6 cm³/mol. The minimum atomic E-state index is 0.392. The molecule has 0 amide bonds. The summed E-state index contributed by atoms with van der Waals surface area (Å²) in [7, 11) is 0. The van der Waals surface area contributed by atoms with E-state index in [2.05, 4.69) is 49.7 Å². The van der Waals surface area contributed by atoms with Gasteiger partial charge in [0.05, 0.1) is 5.69 Å². The van der Waals surface area contributed by atoms with Crippen LogP contribution >= 0.6 is 0 Å². The van der Waals surface area contributed by atoms with Gasteiger partial charge in [0.1, 0.15) is 0 Å². The fraction of sp³-hybridized carbons (Fsp3) is 0.833. The van der Waals surface area contributed by atoms with E-state index in [0.29, 0.717) is 12.1 Å². The third kappa shape index (κ3) is 3.88. The fourth-order valence-corrected chi connectivity index (χ4v) is 4.07. The zero-order valence-corrected chi connectivity index (χ0v) is 14.6. The lowest BCUT2D eigenvalue weighted by Crippen LogP contribution is -2.35. The quantitative estimate of drug-likeness (QED) is 0.808. The summed E-state index contributed by atoms with van der Waals surface area (Å²) < 4.78 is 2.12. The molecule has 1 fully saturated rings. The van der Waals surface area contributed by atoms with E-state index in [0.717, 1.165) is 12.5 Å². The van der Waals surface area contributed by atoms with Crippen molar-refractivity contribution in [3.8, 4) is 0 Å². The van der Waals surface area contributed by atoms with Crippen molar-refractivity contribution in [1.82, 2.24) is 15.1 Å². The highest BCUT2D eigenvalue weighted by molar-refractivity contribution is 5.27. The number of aryl methyl sites for hydroxylation is 2. The molecular weight excluding hydrogens is 258 g/mol. The average Bonchev–Trinajstić information content (AvgIpc) is 2.65. The van der Waals surface area contributed by atoms with Crippen LogP contribution in [0.2, 0.25) is 0 Å². The van der Waals surface area contributed by atoms with Gasteiger partial charge in [-0.3, -0.25) is 4.68 Å². The van der Waals surface area contributed by atoms with Crippen LogP contribution < -0.4 is 5.32 Å². The van der Waals surface area contributed by atoms with E-state index in [4.69, 9.17) is 0 Å². The molecular formula is C18H33N3. The maximum absolute atomic E-state index is 4.66. The lowest BCUT2D eigenvalue weighted by Gasteiger charge is -2.27. The Bertz CT molecular complexity index is 442. The summed E-state index contributed by atoms with van der Waals surface area (Å²) in [6.45, 7) is 12.1. The molecule has 1 saturated carbocycles. The minimum absolute atomic E-state index is 0.392. The van der Waals surface area contributed by atoms with E-state index in [1.807, 2.05) is 0 Å². The molecule has 3 nitrogen and oxygen atoms in total. The number of aromatic nitrogens is 2. The number of nitrogens with one attached hydrogen (secondary N) is 1. The van der Waals surface area contributed by atoms with Gasteiger partial charge >= 0.3 is 0 Å². The average molecular weight is 291 g/mol. The van der Waals surface area contributed by atoms with Crippen LogP contribution in [0.25, 0.3) is 0 Å². The van der Waals surface area contributed by atoms with Crippen LogP contribution in [0, 0.1) is 19.8 Å². The SMILES string of the molecule is CCn1nc(C)c(C(C)N[C@H](C)C2CCCCCC2)c1C. The summed E-state index contributed by atoms with van der Waals surface area (Å²) in [6, 6.07) is 0.991. The molecule has 1 heterocycles. The zero-order valence-electron chi connectivity index (χ0n) is 14.6. The van der Waals surface area contributed by atoms with Crippen LogP contribution in [-0.4, -0.2) is 15.8 Å². The summed E-state index contributed by atoms with van der Waals surface area (Å²) in [5, 5.41) is 8.52. The maximum atomic E-state index is 4.66. The van der Waals surface area contributed by atoms with Gasteiger partial charge in [-0.15, -0.1) is 0 Å². The number of nitrogens with zero attached hydrogens (tertiary/aromatic N) is 2. The van der Waals surface area contributed by atoms with Gasteiger partial charge in [0.2, 0.25) is 0 Å². The van der Waals surface area contributed by atoms with E-state index in [1.165, 1.54) is 55.5 Å². The van der Waals surface area contributed by atoms with Crippen LogP contribution in [0.4, 0.5) is 0 Å². The summed E-state index contributed by atoms with van der Waals surface area (Å²) in [6.07, 6.45) is 8.48. The molecule has 3 heteroatoms. The van der Waals surface area contributed by atoms with E-state index in [9.17, 15) is 0 Å². The van der Waals surface area contributed by atoms with Crippen LogP contribution in [0.3, 0.4) is 0 Å². The van der Waals surface area contributed by atoms with E-state index in [-0.39, 0.29) is 0 Å². The molecule has 0 bridgehead atoms. The van der Waals surface area contributed by atoms with Gasteiger partial charge in [0.15, 0.2) is 0 Å². The summed E-state index contributed by atoms with van der Waals surface area (Å²) >= 11 is 0. The highest BCUT2D eigenvalue weighted by atomic mass is 15.3. The van der Waals surface area contributed by atoms with Crippen molar-refractivity contribution in [2.75, 3.05) is 0 Å². The van der Waals surface area contributed by atoms with Crippen LogP contribution in [0.5, 0.6) is 0 Å². The van der Waals surface area contributed by atoms with Crippen LogP contribution in [0.15, 0.2) is 0 Å². The smallest absolute Gasteiger partial charge is 0.0644 e. The Balaban J connectivity index is 2.03. The molecule has 1 N–H and O–H groups in total. The van der Waals surface area contributed by atoms with Crippen LogP contribution in [0.1, 0.15) is 82.3 Å². The Labute approximate surface area is 130 Å². The third-order valence-electron chi connectivity index (χ3n) is 5.29. The molecule has 120 valence electrons. The number of hydrogen-bond acceptors (Lipinski definition) is 2. The van der Waals surface area contributed by atoms with Gasteiger partial charge in [-0.05, 0) is 53.4 Å². The standard InChI is InChI=1S/C18H33N3/c1-6-21-16(5)18(15(4)20-21)14(3)19-13(2)17-11-9-7-8-10-12-17/h13-14,17,19H,6-12H2,1-5H3/t13-,14?/m1/s1. The van der Waals surface area contributed by atoms with Crippen molar-refractivity contribution in [3.63, 3.8) is 0 Å². The Kier molecular flexibility index (Phi) is 5.86. The van der Waals surface area contributed by atoms with Gasteiger partial charge < -0.3 is 5.32 Å². The summed E-state index contributed by atoms with van der Waals surface area (Å²) in [4.78, 5) is 0. The second kappa shape index (κ2) is 7.44. The largest absolute Gasteiger partial charge is 0.307 e. The molecule has 1 unspecified atom stereocenters. The normalized spacial score (nSPS) is 20.2. The molecule has 1 aliphatic carbocycles. The van der Waals surface area contributed by atoms with Crippen molar-refractivity contribution < 1.29 is 0 Å². The predicted octanol–water partition coefficient (Wildman–Crippen LogP) is 4.53. The van der Waals surface area contributed by atoms with Gasteiger partial charge in [-0.25, -0.2) is 0 Å². The Morgan fingerprint density at radius 1 is 1.14 bits per heavy atom. The Hall–Kier alpha value is -0.830. The summed E-state index contributed by atoms with van der Waals surface area (Å²) in [5.74, 6) is 0.844. The molecule has 2 atom stereocenters. The molecule has 1 aromatic rings. The first-order valence-corrected chi connectivity index (χ1v) is 8.84. The first kappa shape index (κ1) is 16.5. The Morgan fingerprint density at radius 3 is 2.29 bits per heavy atom.